The van der Waals surface area contributed by atoms with Crippen molar-refractivity contribution in [2.24, 2.45) is 5.92 Å². The van der Waals surface area contributed by atoms with Crippen LogP contribution in [0.5, 0.6) is 0 Å². The number of hydrogen-bond acceptors (Lipinski definition) is 1. The summed E-state index contributed by atoms with van der Waals surface area (Å²) in [5, 5.41) is 3.07. The van der Waals surface area contributed by atoms with Gasteiger partial charge in [-0.15, -0.1) is 0 Å². The predicted octanol–water partition coefficient (Wildman–Crippen LogP) is 3.72. The van der Waals surface area contributed by atoms with Crippen LogP contribution in [-0.2, 0) is 13.1 Å². The highest BCUT2D eigenvalue weighted by Gasteiger charge is 2.32. The van der Waals surface area contributed by atoms with E-state index >= 15 is 0 Å². The normalized spacial score (nSPS) is 17.2. The lowest BCUT2D eigenvalue weighted by molar-refractivity contribution is 0.133. The van der Waals surface area contributed by atoms with Crippen LogP contribution in [0.2, 0.25) is 0 Å². The molecule has 0 saturated heterocycles. The molecule has 2 amide bonds. The second-order valence-corrected chi connectivity index (χ2v) is 6.65. The smallest absolute Gasteiger partial charge is 0.318 e. The van der Waals surface area contributed by atoms with Crippen molar-refractivity contribution in [1.29, 1.82) is 0 Å². The third-order valence-corrected chi connectivity index (χ3v) is 4.54. The SMILES string of the molecule is Cc1ccc(CNC(=O)N2CCn3cccc3[C@H]2C(C)C)cc1. The summed E-state index contributed by atoms with van der Waals surface area (Å²) in [6.07, 6.45) is 2.10. The molecule has 122 valence electrons. The van der Waals surface area contributed by atoms with Gasteiger partial charge in [0.1, 0.15) is 0 Å². The number of nitrogens with one attached hydrogen (secondary N) is 1. The molecule has 1 atom stereocenters. The van der Waals surface area contributed by atoms with Gasteiger partial charge in [0.2, 0.25) is 0 Å². The fourth-order valence-electron chi connectivity index (χ4n) is 3.33. The molecular formula is C19H25N3O. The van der Waals surface area contributed by atoms with Crippen molar-refractivity contribution in [3.8, 4) is 0 Å². The molecule has 2 aromatic rings. The summed E-state index contributed by atoms with van der Waals surface area (Å²) < 4.78 is 2.26. The number of rotatable bonds is 3. The van der Waals surface area contributed by atoms with Crippen molar-refractivity contribution in [3.05, 3.63) is 59.4 Å². The van der Waals surface area contributed by atoms with Crippen LogP contribution in [0.3, 0.4) is 0 Å². The van der Waals surface area contributed by atoms with E-state index in [1.165, 1.54) is 11.3 Å². The maximum absolute atomic E-state index is 12.7. The first-order valence-corrected chi connectivity index (χ1v) is 8.31. The molecule has 1 aliphatic rings. The van der Waals surface area contributed by atoms with Gasteiger partial charge in [-0.25, -0.2) is 4.79 Å². The van der Waals surface area contributed by atoms with Crippen LogP contribution in [0.15, 0.2) is 42.6 Å². The van der Waals surface area contributed by atoms with Gasteiger partial charge in [-0.05, 0) is 30.5 Å². The Morgan fingerprint density at radius 3 is 2.65 bits per heavy atom. The van der Waals surface area contributed by atoms with Gasteiger partial charge in [0.05, 0.1) is 6.04 Å². The summed E-state index contributed by atoms with van der Waals surface area (Å²) in [6, 6.07) is 12.6. The van der Waals surface area contributed by atoms with Crippen molar-refractivity contribution in [2.75, 3.05) is 6.54 Å². The number of aromatic nitrogens is 1. The Kier molecular flexibility index (Phi) is 4.42. The Bertz CT molecular complexity index is 672. The van der Waals surface area contributed by atoms with Gasteiger partial charge in [0, 0.05) is 31.5 Å². The van der Waals surface area contributed by atoms with Gasteiger partial charge in [-0.2, -0.15) is 0 Å². The monoisotopic (exact) mass is 311 g/mol. The number of hydrogen-bond donors (Lipinski definition) is 1. The molecule has 0 spiro atoms. The molecule has 23 heavy (non-hydrogen) atoms. The van der Waals surface area contributed by atoms with Crippen LogP contribution in [0, 0.1) is 12.8 Å². The van der Waals surface area contributed by atoms with E-state index in [4.69, 9.17) is 0 Å². The number of urea groups is 1. The second kappa shape index (κ2) is 6.49. The van der Waals surface area contributed by atoms with Crippen molar-refractivity contribution in [2.45, 2.75) is 39.9 Å². The summed E-state index contributed by atoms with van der Waals surface area (Å²) in [5.41, 5.74) is 3.60. The van der Waals surface area contributed by atoms with Gasteiger partial charge in [0.15, 0.2) is 0 Å². The van der Waals surface area contributed by atoms with Gasteiger partial charge in [0.25, 0.3) is 0 Å². The van der Waals surface area contributed by atoms with E-state index in [1.807, 2.05) is 4.90 Å². The third-order valence-electron chi connectivity index (χ3n) is 4.54. The minimum atomic E-state index is 0.0247. The quantitative estimate of drug-likeness (QED) is 0.921. The van der Waals surface area contributed by atoms with Gasteiger partial charge in [-0.3, -0.25) is 0 Å². The average Bonchev–Trinajstić information content (AvgIpc) is 3.01. The lowest BCUT2D eigenvalue weighted by Crippen LogP contribution is -2.48. The van der Waals surface area contributed by atoms with E-state index in [1.54, 1.807) is 0 Å². The molecule has 0 fully saturated rings. The van der Waals surface area contributed by atoms with Crippen LogP contribution in [0.1, 0.15) is 36.7 Å². The van der Waals surface area contributed by atoms with Crippen LogP contribution >= 0.6 is 0 Å². The van der Waals surface area contributed by atoms with Crippen LogP contribution < -0.4 is 5.32 Å². The van der Waals surface area contributed by atoms with Crippen LogP contribution in [0.25, 0.3) is 0 Å². The Labute approximate surface area is 138 Å². The second-order valence-electron chi connectivity index (χ2n) is 6.65. The molecule has 1 aliphatic heterocycles. The maximum atomic E-state index is 12.7. The first-order chi connectivity index (χ1) is 11.1. The standard InChI is InChI=1S/C19H25N3O/c1-14(2)18-17-5-4-10-21(17)11-12-22(18)19(23)20-13-16-8-6-15(3)7-9-16/h4-10,14,18H,11-13H2,1-3H3,(H,20,23)/t18-/m1/s1. The number of carbonyl (C=O) groups excluding carboxylic acids is 1. The largest absolute Gasteiger partial charge is 0.348 e. The van der Waals surface area contributed by atoms with Crippen molar-refractivity contribution >= 4 is 6.03 Å². The van der Waals surface area contributed by atoms with Gasteiger partial charge < -0.3 is 14.8 Å². The zero-order chi connectivity index (χ0) is 16.4. The van der Waals surface area contributed by atoms with Crippen molar-refractivity contribution in [1.82, 2.24) is 14.8 Å². The van der Waals surface area contributed by atoms with Crippen molar-refractivity contribution < 1.29 is 4.79 Å². The van der Waals surface area contributed by atoms with E-state index in [-0.39, 0.29) is 12.1 Å². The van der Waals surface area contributed by atoms with E-state index < -0.39 is 0 Å². The highest BCUT2D eigenvalue weighted by atomic mass is 16.2. The van der Waals surface area contributed by atoms with Crippen molar-refractivity contribution in [3.63, 3.8) is 0 Å². The van der Waals surface area contributed by atoms with E-state index in [9.17, 15) is 4.79 Å². The van der Waals surface area contributed by atoms with E-state index in [0.29, 0.717) is 12.5 Å². The Balaban J connectivity index is 1.70. The summed E-state index contributed by atoms with van der Waals surface area (Å²) in [7, 11) is 0. The zero-order valence-electron chi connectivity index (χ0n) is 14.1. The summed E-state index contributed by atoms with van der Waals surface area (Å²) in [4.78, 5) is 14.7. The first-order valence-electron chi connectivity index (χ1n) is 8.31. The highest BCUT2D eigenvalue weighted by molar-refractivity contribution is 5.75. The molecule has 1 aromatic heterocycles. The fourth-order valence-corrected chi connectivity index (χ4v) is 3.33. The maximum Gasteiger partial charge on any atom is 0.318 e. The number of carbonyl (C=O) groups is 1. The highest BCUT2D eigenvalue weighted by Crippen LogP contribution is 2.32. The summed E-state index contributed by atoms with van der Waals surface area (Å²) >= 11 is 0. The lowest BCUT2D eigenvalue weighted by atomic mass is 9.97. The minimum Gasteiger partial charge on any atom is -0.348 e. The average molecular weight is 311 g/mol. The number of fused-ring (bicyclic) bond motifs is 1. The molecule has 1 N–H and O–H groups in total. The Morgan fingerprint density at radius 1 is 1.22 bits per heavy atom. The topological polar surface area (TPSA) is 37.3 Å². The predicted molar refractivity (Wildman–Crippen MR) is 92.1 cm³/mol. The first kappa shape index (κ1) is 15.7. The minimum absolute atomic E-state index is 0.0247. The van der Waals surface area contributed by atoms with E-state index in [0.717, 1.165) is 18.7 Å². The number of nitrogens with zero attached hydrogens (tertiary/aromatic N) is 2. The molecule has 0 aliphatic carbocycles. The summed E-state index contributed by atoms with van der Waals surface area (Å²) in [6.45, 7) is 8.61. The molecule has 4 heteroatoms. The number of amides is 2. The molecule has 0 unspecified atom stereocenters. The number of aryl methyl sites for hydroxylation is 1. The van der Waals surface area contributed by atoms with Crippen LogP contribution in [-0.4, -0.2) is 22.0 Å². The lowest BCUT2D eigenvalue weighted by Gasteiger charge is -2.39. The van der Waals surface area contributed by atoms with Crippen LogP contribution in [0.4, 0.5) is 4.79 Å². The molecular weight excluding hydrogens is 286 g/mol. The molecule has 0 radical (unpaired) electrons. The Morgan fingerprint density at radius 2 is 1.96 bits per heavy atom. The van der Waals surface area contributed by atoms with E-state index in [2.05, 4.69) is 73.3 Å². The molecule has 2 heterocycles. The fraction of sp³-hybridized carbons (Fsp3) is 0.421. The molecule has 1 aromatic carbocycles. The number of benzene rings is 1. The zero-order valence-corrected chi connectivity index (χ0v) is 14.1. The van der Waals surface area contributed by atoms with Gasteiger partial charge in [-0.1, -0.05) is 43.7 Å². The molecule has 3 rings (SSSR count). The molecule has 0 bridgehead atoms. The molecule has 0 saturated carbocycles. The third kappa shape index (κ3) is 3.26. The van der Waals surface area contributed by atoms with Gasteiger partial charge >= 0.3 is 6.03 Å². The molecule has 4 nitrogen and oxygen atoms in total. The summed E-state index contributed by atoms with van der Waals surface area (Å²) in [5.74, 6) is 0.383. The Hall–Kier alpha value is -2.23.